The number of hydrogen-bond acceptors (Lipinski definition) is 2. The van der Waals surface area contributed by atoms with Gasteiger partial charge in [0.05, 0.1) is 0 Å². The minimum Gasteiger partial charge on any atom is -0.312 e. The van der Waals surface area contributed by atoms with Gasteiger partial charge in [-0.05, 0) is 55.0 Å². The molecule has 0 atom stereocenters. The second kappa shape index (κ2) is 5.26. The third kappa shape index (κ3) is 4.05. The maximum Gasteiger partial charge on any atom is 0.0345 e. The highest BCUT2D eigenvalue weighted by molar-refractivity contribution is 7.17. The van der Waals surface area contributed by atoms with Gasteiger partial charge in [0.2, 0.25) is 0 Å². The van der Waals surface area contributed by atoms with E-state index >= 15 is 0 Å². The van der Waals surface area contributed by atoms with Gasteiger partial charge in [0.25, 0.3) is 0 Å². The van der Waals surface area contributed by atoms with Gasteiger partial charge in [-0.25, -0.2) is 0 Å². The summed E-state index contributed by atoms with van der Waals surface area (Å²) in [6.45, 7) is 12.4. The molecule has 0 fully saturated rings. The topological polar surface area (TPSA) is 12.0 Å². The maximum absolute atomic E-state index is 3.63. The van der Waals surface area contributed by atoms with Crippen molar-refractivity contribution in [3.8, 4) is 0 Å². The van der Waals surface area contributed by atoms with Gasteiger partial charge in [0.1, 0.15) is 0 Å². The van der Waals surface area contributed by atoms with E-state index < -0.39 is 0 Å². The van der Waals surface area contributed by atoms with Crippen LogP contribution in [0.2, 0.25) is 0 Å². The van der Waals surface area contributed by atoms with Crippen molar-refractivity contribution in [2.45, 2.75) is 46.6 Å². The highest BCUT2D eigenvalue weighted by atomic mass is 32.1. The summed E-state index contributed by atoms with van der Waals surface area (Å²) in [5.74, 6) is 0. The molecule has 1 heterocycles. The van der Waals surface area contributed by atoms with Gasteiger partial charge in [0, 0.05) is 16.8 Å². The summed E-state index contributed by atoms with van der Waals surface area (Å²) < 4.78 is 1.40. The summed E-state index contributed by atoms with van der Waals surface area (Å²) in [5, 5.41) is 7.38. The molecule has 2 aromatic rings. The first-order valence-electron chi connectivity index (χ1n) is 6.97. The van der Waals surface area contributed by atoms with Crippen LogP contribution in [0.3, 0.4) is 0 Å². The zero-order valence-electron chi connectivity index (χ0n) is 12.7. The molecular formula is C17H25NS. The van der Waals surface area contributed by atoms with Crippen molar-refractivity contribution < 1.29 is 0 Å². The van der Waals surface area contributed by atoms with E-state index in [2.05, 4.69) is 69.6 Å². The number of nitrogens with one attached hydrogen (secondary N) is 1. The molecule has 0 amide bonds. The van der Waals surface area contributed by atoms with Gasteiger partial charge < -0.3 is 5.32 Å². The molecule has 1 nitrogen and oxygen atoms in total. The van der Waals surface area contributed by atoms with Gasteiger partial charge >= 0.3 is 0 Å². The zero-order valence-corrected chi connectivity index (χ0v) is 13.5. The van der Waals surface area contributed by atoms with Crippen LogP contribution in [0.4, 0.5) is 0 Å². The van der Waals surface area contributed by atoms with Crippen LogP contribution in [-0.4, -0.2) is 12.1 Å². The number of rotatable bonds is 4. The van der Waals surface area contributed by atoms with Crippen molar-refractivity contribution in [2.24, 2.45) is 5.41 Å². The predicted octanol–water partition coefficient (Wildman–Crippen LogP) is 4.86. The fraction of sp³-hybridized carbons (Fsp3) is 0.529. The van der Waals surface area contributed by atoms with Gasteiger partial charge in [-0.15, -0.1) is 11.3 Å². The Morgan fingerprint density at radius 1 is 1.05 bits per heavy atom. The molecule has 19 heavy (non-hydrogen) atoms. The van der Waals surface area contributed by atoms with Crippen molar-refractivity contribution in [2.75, 3.05) is 6.54 Å². The van der Waals surface area contributed by atoms with Crippen LogP contribution in [0.1, 0.15) is 40.2 Å². The van der Waals surface area contributed by atoms with Crippen LogP contribution in [0.15, 0.2) is 29.6 Å². The molecule has 1 N–H and O–H groups in total. The molecule has 104 valence electrons. The van der Waals surface area contributed by atoms with E-state index in [1.807, 2.05) is 11.3 Å². The van der Waals surface area contributed by atoms with Crippen molar-refractivity contribution in [1.82, 2.24) is 5.32 Å². The lowest BCUT2D eigenvalue weighted by atomic mass is 9.85. The fourth-order valence-corrected chi connectivity index (χ4v) is 3.21. The van der Waals surface area contributed by atoms with Gasteiger partial charge in [-0.1, -0.05) is 32.0 Å². The Kier molecular flexibility index (Phi) is 4.03. The summed E-state index contributed by atoms with van der Waals surface area (Å²) in [6.07, 6.45) is 1.13. The first-order chi connectivity index (χ1) is 8.77. The molecule has 0 saturated carbocycles. The number of thiophene rings is 1. The van der Waals surface area contributed by atoms with E-state index in [4.69, 9.17) is 0 Å². The van der Waals surface area contributed by atoms with E-state index in [9.17, 15) is 0 Å². The molecule has 0 aliphatic carbocycles. The van der Waals surface area contributed by atoms with Crippen LogP contribution in [0.25, 0.3) is 10.1 Å². The molecular weight excluding hydrogens is 250 g/mol. The minimum atomic E-state index is 0.188. The van der Waals surface area contributed by atoms with E-state index in [0.717, 1.165) is 13.0 Å². The Morgan fingerprint density at radius 3 is 2.42 bits per heavy atom. The lowest BCUT2D eigenvalue weighted by Crippen LogP contribution is -2.42. The Labute approximate surface area is 121 Å². The Hall–Kier alpha value is -0.860. The molecule has 0 unspecified atom stereocenters. The van der Waals surface area contributed by atoms with E-state index in [0.29, 0.717) is 0 Å². The zero-order chi connectivity index (χ0) is 14.1. The van der Waals surface area contributed by atoms with Crippen molar-refractivity contribution >= 4 is 21.4 Å². The average Bonchev–Trinajstić information content (AvgIpc) is 2.69. The lowest BCUT2D eigenvalue weighted by molar-refractivity contribution is 0.289. The summed E-state index contributed by atoms with van der Waals surface area (Å²) in [6, 6.07) is 8.71. The number of fused-ring (bicyclic) bond motifs is 1. The van der Waals surface area contributed by atoms with Crippen LogP contribution in [0, 0.1) is 5.41 Å². The predicted molar refractivity (Wildman–Crippen MR) is 87.1 cm³/mol. The van der Waals surface area contributed by atoms with Gasteiger partial charge in [-0.2, -0.15) is 0 Å². The van der Waals surface area contributed by atoms with Crippen molar-refractivity contribution in [1.29, 1.82) is 0 Å². The summed E-state index contributed by atoms with van der Waals surface area (Å²) in [4.78, 5) is 0. The van der Waals surface area contributed by atoms with E-state index in [1.54, 1.807) is 0 Å². The molecule has 0 aliphatic heterocycles. The molecule has 1 aromatic carbocycles. The first kappa shape index (κ1) is 14.5. The monoisotopic (exact) mass is 275 g/mol. The smallest absolute Gasteiger partial charge is 0.0345 e. The van der Waals surface area contributed by atoms with Crippen LogP contribution in [0.5, 0.6) is 0 Å². The van der Waals surface area contributed by atoms with Gasteiger partial charge in [-0.3, -0.25) is 0 Å². The molecule has 0 spiro atoms. The average molecular weight is 275 g/mol. The highest BCUT2D eigenvalue weighted by Gasteiger charge is 2.22. The molecule has 0 saturated heterocycles. The second-order valence-electron chi connectivity index (χ2n) is 7.20. The normalized spacial score (nSPS) is 13.1. The van der Waals surface area contributed by atoms with Crippen molar-refractivity contribution in [3.63, 3.8) is 0 Å². The SMILES string of the molecule is CC(C)(CNC(C)(C)C)Cc1csc2ccccc12. The Bertz CT molecular complexity index is 546. The largest absolute Gasteiger partial charge is 0.312 e. The van der Waals surface area contributed by atoms with Crippen LogP contribution in [-0.2, 0) is 6.42 Å². The maximum atomic E-state index is 3.63. The molecule has 0 aliphatic rings. The molecule has 0 radical (unpaired) electrons. The molecule has 2 rings (SSSR count). The number of benzene rings is 1. The summed E-state index contributed by atoms with van der Waals surface area (Å²) in [5.41, 5.74) is 1.95. The standard InChI is InChI=1S/C17H25NS/c1-16(2,3)18-12-17(4,5)10-13-11-19-15-9-7-6-8-14(13)15/h6-9,11,18H,10,12H2,1-5H3. The Balaban J connectivity index is 2.11. The third-order valence-electron chi connectivity index (χ3n) is 3.33. The fourth-order valence-electron chi connectivity index (χ4n) is 2.25. The van der Waals surface area contributed by atoms with E-state index in [-0.39, 0.29) is 11.0 Å². The highest BCUT2D eigenvalue weighted by Crippen LogP contribution is 2.31. The molecule has 1 aromatic heterocycles. The first-order valence-corrected chi connectivity index (χ1v) is 7.85. The summed E-state index contributed by atoms with van der Waals surface area (Å²) >= 11 is 1.86. The Morgan fingerprint density at radius 2 is 1.74 bits per heavy atom. The van der Waals surface area contributed by atoms with Crippen molar-refractivity contribution in [3.05, 3.63) is 35.2 Å². The molecule has 2 heteroatoms. The molecule has 0 bridgehead atoms. The summed E-state index contributed by atoms with van der Waals surface area (Å²) in [7, 11) is 0. The number of hydrogen-bond donors (Lipinski definition) is 1. The quantitative estimate of drug-likeness (QED) is 0.840. The van der Waals surface area contributed by atoms with Crippen LogP contribution >= 0.6 is 11.3 Å². The van der Waals surface area contributed by atoms with E-state index in [1.165, 1.54) is 15.6 Å². The van der Waals surface area contributed by atoms with Crippen LogP contribution < -0.4 is 5.32 Å². The second-order valence-corrected chi connectivity index (χ2v) is 8.11. The third-order valence-corrected chi connectivity index (χ3v) is 4.34. The lowest BCUT2D eigenvalue weighted by Gasteiger charge is -2.30. The van der Waals surface area contributed by atoms with Gasteiger partial charge in [0.15, 0.2) is 0 Å². The minimum absolute atomic E-state index is 0.188.